The van der Waals surface area contributed by atoms with E-state index in [1.54, 1.807) is 0 Å². The Labute approximate surface area is 69.6 Å². The molecule has 1 N–H and O–H groups in total. The smallest absolute Gasteiger partial charge is 0.0590 e. The van der Waals surface area contributed by atoms with Gasteiger partial charge in [-0.1, -0.05) is 13.0 Å². The minimum Gasteiger partial charge on any atom is -0.380 e. The van der Waals surface area contributed by atoms with Crippen LogP contribution in [0.15, 0.2) is 12.7 Å². The summed E-state index contributed by atoms with van der Waals surface area (Å²) in [6.07, 6.45) is 4.07. The lowest BCUT2D eigenvalue weighted by atomic mass is 10.3. The minimum absolute atomic E-state index is 0.824. The summed E-state index contributed by atoms with van der Waals surface area (Å²) in [6.45, 7) is 9.40. The van der Waals surface area contributed by atoms with E-state index in [1.165, 1.54) is 0 Å². The average Bonchev–Trinajstić information content (AvgIpc) is 2.03. The molecule has 66 valence electrons. The lowest BCUT2D eigenvalue weighted by Gasteiger charge is -2.02. The van der Waals surface area contributed by atoms with Gasteiger partial charge in [0.15, 0.2) is 0 Å². The molecule has 0 fully saturated rings. The maximum atomic E-state index is 5.33. The van der Waals surface area contributed by atoms with Crippen LogP contribution in [-0.4, -0.2) is 26.3 Å². The van der Waals surface area contributed by atoms with E-state index < -0.39 is 0 Å². The van der Waals surface area contributed by atoms with Crippen LogP contribution < -0.4 is 5.32 Å². The predicted octanol–water partition coefficient (Wildman–Crippen LogP) is 1.58. The maximum Gasteiger partial charge on any atom is 0.0590 e. The molecule has 0 aliphatic rings. The molecular weight excluding hydrogens is 138 g/mol. The van der Waals surface area contributed by atoms with Crippen LogP contribution >= 0.6 is 0 Å². The van der Waals surface area contributed by atoms with Crippen molar-refractivity contribution < 1.29 is 4.74 Å². The first-order valence-electron chi connectivity index (χ1n) is 4.31. The molecule has 0 amide bonds. The van der Waals surface area contributed by atoms with E-state index >= 15 is 0 Å². The van der Waals surface area contributed by atoms with Crippen molar-refractivity contribution in [3.8, 4) is 0 Å². The Bertz CT molecular complexity index is 83.6. The topological polar surface area (TPSA) is 21.3 Å². The van der Waals surface area contributed by atoms with Gasteiger partial charge in [0.1, 0.15) is 0 Å². The monoisotopic (exact) mass is 157 g/mol. The van der Waals surface area contributed by atoms with Gasteiger partial charge in [0.05, 0.1) is 6.61 Å². The molecule has 0 atom stereocenters. The third kappa shape index (κ3) is 9.66. The van der Waals surface area contributed by atoms with Crippen molar-refractivity contribution in [3.05, 3.63) is 12.7 Å². The zero-order valence-electron chi connectivity index (χ0n) is 7.44. The maximum absolute atomic E-state index is 5.33. The molecule has 0 aromatic heterocycles. The fraction of sp³-hybridized carbons (Fsp3) is 0.778. The van der Waals surface area contributed by atoms with Gasteiger partial charge in [0.25, 0.3) is 0 Å². The summed E-state index contributed by atoms with van der Waals surface area (Å²) < 4.78 is 5.33. The van der Waals surface area contributed by atoms with Gasteiger partial charge in [-0.15, -0.1) is 6.58 Å². The molecule has 0 saturated heterocycles. The molecular formula is C9H19NO. The van der Waals surface area contributed by atoms with Gasteiger partial charge in [-0.25, -0.2) is 0 Å². The first-order chi connectivity index (χ1) is 5.41. The van der Waals surface area contributed by atoms with E-state index in [0.29, 0.717) is 0 Å². The quantitative estimate of drug-likeness (QED) is 0.426. The van der Waals surface area contributed by atoms with E-state index in [4.69, 9.17) is 4.74 Å². The van der Waals surface area contributed by atoms with Gasteiger partial charge in [0.2, 0.25) is 0 Å². The van der Waals surface area contributed by atoms with Gasteiger partial charge in [-0.05, 0) is 19.4 Å². The molecule has 0 saturated carbocycles. The van der Waals surface area contributed by atoms with Gasteiger partial charge >= 0.3 is 0 Å². The molecule has 0 radical (unpaired) electrons. The second-order valence-corrected chi connectivity index (χ2v) is 2.40. The normalized spacial score (nSPS) is 9.91. The molecule has 0 aliphatic carbocycles. The first kappa shape index (κ1) is 10.7. The molecule has 0 spiro atoms. The van der Waals surface area contributed by atoms with Crippen molar-refractivity contribution >= 4 is 0 Å². The third-order valence-corrected chi connectivity index (χ3v) is 1.37. The Balaban J connectivity index is 2.74. The van der Waals surface area contributed by atoms with Crippen molar-refractivity contribution in [1.82, 2.24) is 5.32 Å². The van der Waals surface area contributed by atoms with Gasteiger partial charge in [-0.2, -0.15) is 0 Å². The SMILES string of the molecule is C=CCCCOCCNCC. The fourth-order valence-corrected chi connectivity index (χ4v) is 0.753. The Kier molecular flexibility index (Phi) is 9.36. The first-order valence-corrected chi connectivity index (χ1v) is 4.31. The predicted molar refractivity (Wildman–Crippen MR) is 48.8 cm³/mol. The molecule has 0 aromatic carbocycles. The highest BCUT2D eigenvalue weighted by Gasteiger charge is 1.86. The number of nitrogens with one attached hydrogen (secondary N) is 1. The van der Waals surface area contributed by atoms with Crippen LogP contribution in [0, 0.1) is 0 Å². The van der Waals surface area contributed by atoms with Crippen LogP contribution in [0.4, 0.5) is 0 Å². The highest BCUT2D eigenvalue weighted by Crippen LogP contribution is 1.89. The van der Waals surface area contributed by atoms with E-state index in [0.717, 1.165) is 39.1 Å². The molecule has 0 heterocycles. The van der Waals surface area contributed by atoms with Gasteiger partial charge in [-0.3, -0.25) is 0 Å². The summed E-state index contributed by atoms with van der Waals surface area (Å²) in [7, 11) is 0. The highest BCUT2D eigenvalue weighted by molar-refractivity contribution is 4.64. The van der Waals surface area contributed by atoms with E-state index in [2.05, 4.69) is 18.8 Å². The number of hydrogen-bond acceptors (Lipinski definition) is 2. The standard InChI is InChI=1S/C9H19NO/c1-3-5-6-8-11-9-7-10-4-2/h3,10H,1,4-9H2,2H3. The number of hydrogen-bond donors (Lipinski definition) is 1. The molecule has 0 bridgehead atoms. The minimum atomic E-state index is 0.824. The summed E-state index contributed by atoms with van der Waals surface area (Å²) >= 11 is 0. The van der Waals surface area contributed by atoms with Crippen LogP contribution in [0.3, 0.4) is 0 Å². The number of rotatable bonds is 8. The van der Waals surface area contributed by atoms with E-state index in [9.17, 15) is 0 Å². The summed E-state index contributed by atoms with van der Waals surface area (Å²) in [5.41, 5.74) is 0. The third-order valence-electron chi connectivity index (χ3n) is 1.37. The number of likely N-dealkylation sites (N-methyl/N-ethyl adjacent to an activating group) is 1. The average molecular weight is 157 g/mol. The molecule has 0 rings (SSSR count). The number of ether oxygens (including phenoxy) is 1. The number of allylic oxidation sites excluding steroid dienone is 1. The Morgan fingerprint density at radius 2 is 2.27 bits per heavy atom. The molecule has 2 heteroatoms. The molecule has 0 aliphatic heterocycles. The van der Waals surface area contributed by atoms with Crippen molar-refractivity contribution in [1.29, 1.82) is 0 Å². The number of unbranched alkanes of at least 4 members (excludes halogenated alkanes) is 1. The molecule has 2 nitrogen and oxygen atoms in total. The van der Waals surface area contributed by atoms with Crippen LogP contribution in [0.1, 0.15) is 19.8 Å². The zero-order chi connectivity index (χ0) is 8.36. The zero-order valence-corrected chi connectivity index (χ0v) is 7.44. The van der Waals surface area contributed by atoms with Crippen molar-refractivity contribution in [2.75, 3.05) is 26.3 Å². The van der Waals surface area contributed by atoms with Gasteiger partial charge in [0, 0.05) is 13.2 Å². The Morgan fingerprint density at radius 1 is 1.45 bits per heavy atom. The Morgan fingerprint density at radius 3 is 2.91 bits per heavy atom. The van der Waals surface area contributed by atoms with Crippen LogP contribution in [0.2, 0.25) is 0 Å². The van der Waals surface area contributed by atoms with Gasteiger partial charge < -0.3 is 10.1 Å². The lowest BCUT2D eigenvalue weighted by Crippen LogP contribution is -2.19. The second kappa shape index (κ2) is 9.66. The van der Waals surface area contributed by atoms with E-state index in [1.807, 2.05) is 6.08 Å². The highest BCUT2D eigenvalue weighted by atomic mass is 16.5. The van der Waals surface area contributed by atoms with Crippen molar-refractivity contribution in [2.24, 2.45) is 0 Å². The largest absolute Gasteiger partial charge is 0.380 e. The Hall–Kier alpha value is -0.340. The summed E-state index contributed by atoms with van der Waals surface area (Å²) in [6, 6.07) is 0. The summed E-state index contributed by atoms with van der Waals surface area (Å²) in [5.74, 6) is 0. The fourth-order valence-electron chi connectivity index (χ4n) is 0.753. The van der Waals surface area contributed by atoms with E-state index in [-0.39, 0.29) is 0 Å². The summed E-state index contributed by atoms with van der Waals surface area (Å²) in [4.78, 5) is 0. The van der Waals surface area contributed by atoms with Crippen molar-refractivity contribution in [2.45, 2.75) is 19.8 Å². The van der Waals surface area contributed by atoms with Crippen molar-refractivity contribution in [3.63, 3.8) is 0 Å². The molecule has 11 heavy (non-hydrogen) atoms. The molecule has 0 unspecified atom stereocenters. The van der Waals surface area contributed by atoms with Crippen LogP contribution in [-0.2, 0) is 4.74 Å². The lowest BCUT2D eigenvalue weighted by molar-refractivity contribution is 0.134. The van der Waals surface area contributed by atoms with Crippen LogP contribution in [0.25, 0.3) is 0 Å². The summed E-state index contributed by atoms with van der Waals surface area (Å²) in [5, 5.41) is 3.19. The van der Waals surface area contributed by atoms with Crippen LogP contribution in [0.5, 0.6) is 0 Å². The molecule has 0 aromatic rings. The second-order valence-electron chi connectivity index (χ2n) is 2.40.